The Morgan fingerprint density at radius 2 is 1.62 bits per heavy atom. The minimum atomic E-state index is -0.475. The molecule has 5 rings (SSSR count). The van der Waals surface area contributed by atoms with Gasteiger partial charge in [-0.25, -0.2) is 0 Å². The Labute approximate surface area is 194 Å². The Balaban J connectivity index is 1.67. The zero-order chi connectivity index (χ0) is 22.4. The van der Waals surface area contributed by atoms with Crippen LogP contribution >= 0.6 is 15.9 Å². The Hall–Kier alpha value is -3.18. The van der Waals surface area contributed by atoms with Crippen LogP contribution in [0.4, 0.5) is 0 Å². The first-order valence-corrected chi connectivity index (χ1v) is 11.4. The van der Waals surface area contributed by atoms with Crippen molar-refractivity contribution in [3.05, 3.63) is 115 Å². The average molecular weight is 488 g/mol. The van der Waals surface area contributed by atoms with E-state index in [-0.39, 0.29) is 17.1 Å². The summed E-state index contributed by atoms with van der Waals surface area (Å²) in [4.78, 5) is 28.9. The molecular weight excluding hydrogens is 466 g/mol. The van der Waals surface area contributed by atoms with Crippen LogP contribution in [0.5, 0.6) is 0 Å². The van der Waals surface area contributed by atoms with Crippen LogP contribution in [-0.4, -0.2) is 17.4 Å². The average Bonchev–Trinajstić information content (AvgIpc) is 3.07. The van der Waals surface area contributed by atoms with Gasteiger partial charge in [0.15, 0.2) is 5.43 Å². The molecule has 0 radical (unpaired) electrons. The van der Waals surface area contributed by atoms with Gasteiger partial charge < -0.3 is 9.32 Å². The number of carbonyl (C=O) groups excluding carboxylic acids is 1. The number of aryl methyl sites for hydroxylation is 2. The fourth-order valence-electron chi connectivity index (χ4n) is 4.39. The molecule has 3 aromatic carbocycles. The summed E-state index contributed by atoms with van der Waals surface area (Å²) >= 11 is 3.48. The summed E-state index contributed by atoms with van der Waals surface area (Å²) in [5.74, 6) is -0.0761. The van der Waals surface area contributed by atoms with Crippen molar-refractivity contribution >= 4 is 32.8 Å². The number of fused-ring (bicyclic) bond motifs is 2. The lowest BCUT2D eigenvalue weighted by Gasteiger charge is -2.25. The summed E-state index contributed by atoms with van der Waals surface area (Å²) in [6.07, 6.45) is 0.694. The molecule has 0 saturated heterocycles. The molecule has 0 N–H and O–H groups in total. The minimum absolute atomic E-state index is 0.132. The van der Waals surface area contributed by atoms with Crippen molar-refractivity contribution in [1.82, 2.24) is 4.90 Å². The smallest absolute Gasteiger partial charge is 0.290 e. The molecule has 1 aliphatic rings. The van der Waals surface area contributed by atoms with Crippen LogP contribution in [0, 0.1) is 13.8 Å². The molecule has 0 fully saturated rings. The zero-order valence-corrected chi connectivity index (χ0v) is 19.5. The lowest BCUT2D eigenvalue weighted by atomic mass is 9.97. The number of carbonyl (C=O) groups is 1. The number of halogens is 1. The number of benzene rings is 3. The second kappa shape index (κ2) is 8.06. The van der Waals surface area contributed by atoms with Crippen molar-refractivity contribution in [2.45, 2.75) is 26.3 Å². The first-order valence-electron chi connectivity index (χ1n) is 10.6. The normalized spacial score (nSPS) is 15.4. The van der Waals surface area contributed by atoms with E-state index in [1.165, 1.54) is 0 Å². The highest BCUT2D eigenvalue weighted by Gasteiger charge is 2.42. The van der Waals surface area contributed by atoms with E-state index in [1.807, 2.05) is 80.6 Å². The number of hydrogen-bond donors (Lipinski definition) is 0. The minimum Gasteiger partial charge on any atom is -0.450 e. The van der Waals surface area contributed by atoms with E-state index in [2.05, 4.69) is 15.9 Å². The maximum absolute atomic E-state index is 13.7. The lowest BCUT2D eigenvalue weighted by molar-refractivity contribution is 0.0730. The monoisotopic (exact) mass is 487 g/mol. The maximum Gasteiger partial charge on any atom is 0.290 e. The Morgan fingerprint density at radius 3 is 2.34 bits per heavy atom. The summed E-state index contributed by atoms with van der Waals surface area (Å²) < 4.78 is 7.03. The molecule has 2 heterocycles. The summed E-state index contributed by atoms with van der Waals surface area (Å²) in [5.41, 5.74) is 4.84. The lowest BCUT2D eigenvalue weighted by Crippen LogP contribution is -2.31. The van der Waals surface area contributed by atoms with E-state index >= 15 is 0 Å². The topological polar surface area (TPSA) is 50.5 Å². The van der Waals surface area contributed by atoms with E-state index < -0.39 is 6.04 Å². The number of nitrogens with zero attached hydrogens (tertiary/aromatic N) is 1. The molecule has 160 valence electrons. The molecule has 1 aromatic heterocycles. The molecule has 0 aliphatic carbocycles. The molecular formula is C27H22BrNO3. The highest BCUT2D eigenvalue weighted by Crippen LogP contribution is 2.38. The van der Waals surface area contributed by atoms with E-state index in [1.54, 1.807) is 4.90 Å². The molecule has 1 unspecified atom stereocenters. The fourth-order valence-corrected chi connectivity index (χ4v) is 4.66. The molecule has 1 aliphatic heterocycles. The highest BCUT2D eigenvalue weighted by molar-refractivity contribution is 9.10. The first-order chi connectivity index (χ1) is 15.4. The van der Waals surface area contributed by atoms with E-state index in [0.717, 1.165) is 26.7 Å². The van der Waals surface area contributed by atoms with Crippen LogP contribution in [0.25, 0.3) is 11.0 Å². The van der Waals surface area contributed by atoms with Gasteiger partial charge in [-0.1, -0.05) is 58.4 Å². The molecule has 1 amide bonds. The number of amides is 1. The van der Waals surface area contributed by atoms with Crippen LogP contribution in [-0.2, 0) is 6.42 Å². The molecule has 1 atom stereocenters. The van der Waals surface area contributed by atoms with E-state index in [0.29, 0.717) is 29.5 Å². The van der Waals surface area contributed by atoms with Gasteiger partial charge in [-0.05, 0) is 66.8 Å². The second-order valence-corrected chi connectivity index (χ2v) is 9.21. The van der Waals surface area contributed by atoms with Gasteiger partial charge in [-0.2, -0.15) is 0 Å². The third kappa shape index (κ3) is 3.47. The van der Waals surface area contributed by atoms with Crippen molar-refractivity contribution in [2.24, 2.45) is 0 Å². The van der Waals surface area contributed by atoms with Gasteiger partial charge in [0, 0.05) is 11.0 Å². The molecule has 4 nitrogen and oxygen atoms in total. The zero-order valence-electron chi connectivity index (χ0n) is 17.9. The van der Waals surface area contributed by atoms with E-state index in [4.69, 9.17) is 4.42 Å². The van der Waals surface area contributed by atoms with Crippen LogP contribution in [0.1, 0.15) is 44.4 Å². The first kappa shape index (κ1) is 20.7. The summed E-state index contributed by atoms with van der Waals surface area (Å²) in [6.45, 7) is 4.44. The van der Waals surface area contributed by atoms with Crippen LogP contribution in [0.15, 0.2) is 80.4 Å². The third-order valence-electron chi connectivity index (χ3n) is 6.25. The predicted octanol–water partition coefficient (Wildman–Crippen LogP) is 5.96. The van der Waals surface area contributed by atoms with E-state index in [9.17, 15) is 9.59 Å². The largest absolute Gasteiger partial charge is 0.450 e. The van der Waals surface area contributed by atoms with Crippen LogP contribution in [0.3, 0.4) is 0 Å². The number of hydrogen-bond acceptors (Lipinski definition) is 3. The predicted molar refractivity (Wildman–Crippen MR) is 129 cm³/mol. The molecule has 0 bridgehead atoms. The third-order valence-corrected chi connectivity index (χ3v) is 6.78. The van der Waals surface area contributed by atoms with Gasteiger partial charge >= 0.3 is 0 Å². The summed E-state index contributed by atoms with van der Waals surface area (Å²) in [5, 5.41) is 0.520. The fraction of sp³-hybridized carbons (Fsp3) is 0.185. The van der Waals surface area contributed by atoms with Crippen molar-refractivity contribution in [1.29, 1.82) is 0 Å². The number of rotatable bonds is 4. The Bertz CT molecular complexity index is 1390. The molecule has 0 spiro atoms. The molecule has 32 heavy (non-hydrogen) atoms. The van der Waals surface area contributed by atoms with Crippen molar-refractivity contribution < 1.29 is 9.21 Å². The second-order valence-electron chi connectivity index (χ2n) is 8.29. The van der Waals surface area contributed by atoms with Gasteiger partial charge in [0.2, 0.25) is 5.76 Å². The maximum atomic E-state index is 13.7. The summed E-state index contributed by atoms with van der Waals surface area (Å²) in [6, 6.07) is 21.1. The molecule has 5 heteroatoms. The standard InChI is InChI=1S/C27H22BrNO3/c1-16-14-21-22(15-17(16)2)32-26-23(25(21)30)24(19-8-10-20(28)11-9-19)29(27(26)31)13-12-18-6-4-3-5-7-18/h3-11,14-15,24H,12-13H2,1-2H3. The highest BCUT2D eigenvalue weighted by atomic mass is 79.9. The summed E-state index contributed by atoms with van der Waals surface area (Å²) in [7, 11) is 0. The Kier molecular flexibility index (Phi) is 5.22. The van der Waals surface area contributed by atoms with Crippen molar-refractivity contribution in [3.8, 4) is 0 Å². The molecule has 0 saturated carbocycles. The SMILES string of the molecule is Cc1cc2oc3c(c(=O)c2cc1C)C(c1ccc(Br)cc1)N(CCc1ccccc1)C3=O. The van der Waals surface area contributed by atoms with Gasteiger partial charge in [-0.3, -0.25) is 9.59 Å². The molecule has 4 aromatic rings. The quantitative estimate of drug-likeness (QED) is 0.356. The van der Waals surface area contributed by atoms with Crippen molar-refractivity contribution in [2.75, 3.05) is 6.54 Å². The van der Waals surface area contributed by atoms with Crippen LogP contribution < -0.4 is 5.43 Å². The van der Waals surface area contributed by atoms with Gasteiger partial charge in [0.1, 0.15) is 5.58 Å². The Morgan fingerprint density at radius 1 is 0.938 bits per heavy atom. The van der Waals surface area contributed by atoms with Gasteiger partial charge in [0.25, 0.3) is 5.91 Å². The van der Waals surface area contributed by atoms with Crippen molar-refractivity contribution in [3.63, 3.8) is 0 Å². The van der Waals surface area contributed by atoms with Gasteiger partial charge in [0.05, 0.1) is 17.0 Å². The van der Waals surface area contributed by atoms with Gasteiger partial charge in [-0.15, -0.1) is 0 Å². The van der Waals surface area contributed by atoms with Crippen LogP contribution in [0.2, 0.25) is 0 Å².